The summed E-state index contributed by atoms with van der Waals surface area (Å²) in [7, 11) is 0. The number of fused-ring (bicyclic) bond motifs is 1. The molecule has 0 saturated heterocycles. The number of nitrogens with zero attached hydrogens (tertiary/aromatic N) is 2. The van der Waals surface area contributed by atoms with Crippen molar-refractivity contribution in [3.8, 4) is 0 Å². The highest BCUT2D eigenvalue weighted by Crippen LogP contribution is 2.25. The fourth-order valence-electron chi connectivity index (χ4n) is 2.71. The van der Waals surface area contributed by atoms with Crippen LogP contribution in [0.2, 0.25) is 0 Å². The molecule has 3 rings (SSSR count). The predicted octanol–water partition coefficient (Wildman–Crippen LogP) is 4.25. The molecule has 2 aromatic carbocycles. The van der Waals surface area contributed by atoms with Gasteiger partial charge in [0.1, 0.15) is 11.6 Å². The van der Waals surface area contributed by atoms with Crippen LogP contribution < -0.4 is 5.32 Å². The van der Waals surface area contributed by atoms with E-state index < -0.39 is 4.92 Å². The maximum absolute atomic E-state index is 12.6. The first-order valence-corrected chi connectivity index (χ1v) is 8.35. The first kappa shape index (κ1) is 17.6. The molecule has 0 saturated carbocycles. The smallest absolute Gasteiger partial charge is 0.269 e. The number of carbonyl (C=O) groups is 1. The Balaban J connectivity index is 1.83. The zero-order valence-corrected chi connectivity index (χ0v) is 14.5. The SMILES string of the molecule is CC(C)C[C@H](NC(=O)c1ccc([N+](=O)[O-])cc1)c1nc2ccccc2o1. The molecule has 134 valence electrons. The largest absolute Gasteiger partial charge is 0.438 e. The average Bonchev–Trinajstić information content (AvgIpc) is 3.05. The zero-order chi connectivity index (χ0) is 18.7. The lowest BCUT2D eigenvalue weighted by Gasteiger charge is -2.17. The number of carbonyl (C=O) groups excluding carboxylic acids is 1. The van der Waals surface area contributed by atoms with Crippen LogP contribution in [0, 0.1) is 16.0 Å². The molecule has 7 heteroatoms. The van der Waals surface area contributed by atoms with Gasteiger partial charge in [-0.05, 0) is 36.6 Å². The minimum Gasteiger partial charge on any atom is -0.438 e. The summed E-state index contributed by atoms with van der Waals surface area (Å²) < 4.78 is 5.80. The van der Waals surface area contributed by atoms with Gasteiger partial charge in [-0.2, -0.15) is 0 Å². The summed E-state index contributed by atoms with van der Waals surface area (Å²) in [5.74, 6) is 0.440. The van der Waals surface area contributed by atoms with Crippen LogP contribution in [0.15, 0.2) is 52.9 Å². The molecule has 0 aliphatic rings. The molecule has 0 bridgehead atoms. The van der Waals surface area contributed by atoms with Gasteiger partial charge in [-0.15, -0.1) is 0 Å². The van der Waals surface area contributed by atoms with E-state index >= 15 is 0 Å². The zero-order valence-electron chi connectivity index (χ0n) is 14.5. The molecule has 1 amide bonds. The Morgan fingerprint density at radius 3 is 2.50 bits per heavy atom. The second-order valence-corrected chi connectivity index (χ2v) is 6.48. The quantitative estimate of drug-likeness (QED) is 0.527. The number of aromatic nitrogens is 1. The number of rotatable bonds is 6. The Labute approximate surface area is 150 Å². The highest BCUT2D eigenvalue weighted by molar-refractivity contribution is 5.94. The summed E-state index contributed by atoms with van der Waals surface area (Å²) >= 11 is 0. The number of oxazole rings is 1. The first-order chi connectivity index (χ1) is 12.4. The third kappa shape index (κ3) is 3.88. The molecule has 3 aromatic rings. The molecular weight excluding hydrogens is 334 g/mol. The van der Waals surface area contributed by atoms with E-state index in [1.54, 1.807) is 0 Å². The molecular formula is C19H19N3O4. The van der Waals surface area contributed by atoms with Gasteiger partial charge in [0.15, 0.2) is 5.58 Å². The highest BCUT2D eigenvalue weighted by Gasteiger charge is 2.22. The van der Waals surface area contributed by atoms with Gasteiger partial charge in [0.2, 0.25) is 5.89 Å². The Kier molecular flexibility index (Phi) is 4.97. The van der Waals surface area contributed by atoms with E-state index in [0.717, 1.165) is 5.52 Å². The van der Waals surface area contributed by atoms with E-state index in [0.29, 0.717) is 29.4 Å². The van der Waals surface area contributed by atoms with E-state index in [4.69, 9.17) is 4.42 Å². The number of hydrogen-bond donors (Lipinski definition) is 1. The monoisotopic (exact) mass is 353 g/mol. The topological polar surface area (TPSA) is 98.3 Å². The van der Waals surface area contributed by atoms with Crippen LogP contribution in [-0.2, 0) is 0 Å². The number of non-ortho nitro benzene ring substituents is 1. The lowest BCUT2D eigenvalue weighted by molar-refractivity contribution is -0.384. The van der Waals surface area contributed by atoms with Crippen LogP contribution in [0.3, 0.4) is 0 Å². The van der Waals surface area contributed by atoms with Crippen LogP contribution in [-0.4, -0.2) is 15.8 Å². The van der Waals surface area contributed by atoms with Crippen molar-refractivity contribution in [2.45, 2.75) is 26.3 Å². The van der Waals surface area contributed by atoms with Crippen LogP contribution in [0.25, 0.3) is 11.1 Å². The summed E-state index contributed by atoms with van der Waals surface area (Å²) in [4.78, 5) is 27.3. The van der Waals surface area contributed by atoms with Crippen LogP contribution >= 0.6 is 0 Å². The predicted molar refractivity (Wildman–Crippen MR) is 96.8 cm³/mol. The summed E-state index contributed by atoms with van der Waals surface area (Å²) in [6.45, 7) is 4.10. The molecule has 1 heterocycles. The minimum absolute atomic E-state index is 0.0563. The fourth-order valence-corrected chi connectivity index (χ4v) is 2.71. The molecule has 0 spiro atoms. The van der Waals surface area contributed by atoms with Crippen molar-refractivity contribution in [1.82, 2.24) is 10.3 Å². The van der Waals surface area contributed by atoms with Crippen molar-refractivity contribution < 1.29 is 14.1 Å². The molecule has 7 nitrogen and oxygen atoms in total. The highest BCUT2D eigenvalue weighted by atomic mass is 16.6. The molecule has 26 heavy (non-hydrogen) atoms. The van der Waals surface area contributed by atoms with Crippen LogP contribution in [0.5, 0.6) is 0 Å². The number of para-hydroxylation sites is 2. The van der Waals surface area contributed by atoms with Gasteiger partial charge in [-0.3, -0.25) is 14.9 Å². The van der Waals surface area contributed by atoms with Crippen LogP contribution in [0.4, 0.5) is 5.69 Å². The van der Waals surface area contributed by atoms with E-state index in [1.165, 1.54) is 24.3 Å². The number of hydrogen-bond acceptors (Lipinski definition) is 5. The second-order valence-electron chi connectivity index (χ2n) is 6.48. The molecule has 1 atom stereocenters. The first-order valence-electron chi connectivity index (χ1n) is 8.35. The number of benzene rings is 2. The summed E-state index contributed by atoms with van der Waals surface area (Å²) in [5, 5.41) is 13.7. The minimum atomic E-state index is -0.498. The Morgan fingerprint density at radius 2 is 1.88 bits per heavy atom. The lowest BCUT2D eigenvalue weighted by atomic mass is 10.0. The Bertz CT molecular complexity index is 898. The van der Waals surface area contributed by atoms with Gasteiger partial charge in [-0.25, -0.2) is 4.98 Å². The van der Waals surface area contributed by atoms with Crippen LogP contribution in [0.1, 0.15) is 42.6 Å². The molecule has 0 unspecified atom stereocenters. The molecule has 0 radical (unpaired) electrons. The standard InChI is InChI=1S/C19H19N3O4/c1-12(2)11-16(19-21-15-5-3-4-6-17(15)26-19)20-18(23)13-7-9-14(10-8-13)22(24)25/h3-10,12,16H,11H2,1-2H3,(H,20,23)/t16-/m0/s1. The third-order valence-electron chi connectivity index (χ3n) is 3.96. The van der Waals surface area contributed by atoms with E-state index in [2.05, 4.69) is 10.3 Å². The fraction of sp³-hybridized carbons (Fsp3) is 0.263. The Hall–Kier alpha value is -3.22. The maximum atomic E-state index is 12.6. The summed E-state index contributed by atoms with van der Waals surface area (Å²) in [6.07, 6.45) is 0.658. The average molecular weight is 353 g/mol. The van der Waals surface area contributed by atoms with Crippen molar-refractivity contribution in [1.29, 1.82) is 0 Å². The Morgan fingerprint density at radius 1 is 1.19 bits per heavy atom. The van der Waals surface area contributed by atoms with Crippen molar-refractivity contribution in [2.24, 2.45) is 5.92 Å². The number of nitrogens with one attached hydrogen (secondary N) is 1. The third-order valence-corrected chi connectivity index (χ3v) is 3.96. The van der Waals surface area contributed by atoms with Gasteiger partial charge in [0, 0.05) is 17.7 Å². The van der Waals surface area contributed by atoms with Crippen molar-refractivity contribution in [2.75, 3.05) is 0 Å². The molecule has 0 aliphatic heterocycles. The van der Waals surface area contributed by atoms with E-state index in [1.807, 2.05) is 38.1 Å². The summed E-state index contributed by atoms with van der Waals surface area (Å²) in [5.41, 5.74) is 1.70. The molecule has 1 N–H and O–H groups in total. The number of nitro groups is 1. The van der Waals surface area contributed by atoms with Crippen molar-refractivity contribution in [3.63, 3.8) is 0 Å². The van der Waals surface area contributed by atoms with E-state index in [-0.39, 0.29) is 17.6 Å². The second kappa shape index (κ2) is 7.35. The van der Waals surface area contributed by atoms with Gasteiger partial charge in [-0.1, -0.05) is 26.0 Å². The summed E-state index contributed by atoms with van der Waals surface area (Å²) in [6, 6.07) is 12.5. The lowest BCUT2D eigenvalue weighted by Crippen LogP contribution is -2.29. The maximum Gasteiger partial charge on any atom is 0.269 e. The molecule has 0 aliphatic carbocycles. The number of amides is 1. The van der Waals surface area contributed by atoms with Gasteiger partial charge in [0.05, 0.1) is 4.92 Å². The van der Waals surface area contributed by atoms with E-state index in [9.17, 15) is 14.9 Å². The molecule has 0 fully saturated rings. The number of nitro benzene ring substituents is 1. The van der Waals surface area contributed by atoms with Gasteiger partial charge >= 0.3 is 0 Å². The van der Waals surface area contributed by atoms with Gasteiger partial charge < -0.3 is 9.73 Å². The van der Waals surface area contributed by atoms with Crippen molar-refractivity contribution in [3.05, 3.63) is 70.1 Å². The normalized spacial score (nSPS) is 12.3. The molecule has 1 aromatic heterocycles. The van der Waals surface area contributed by atoms with Crippen molar-refractivity contribution >= 4 is 22.7 Å². The van der Waals surface area contributed by atoms with Gasteiger partial charge in [0.25, 0.3) is 11.6 Å².